The number of hydrogen-bond donors (Lipinski definition) is 1. The molecule has 3 aromatic rings. The van der Waals surface area contributed by atoms with Gasteiger partial charge in [-0.15, -0.1) is 11.3 Å². The van der Waals surface area contributed by atoms with Crippen LogP contribution in [0.25, 0.3) is 0 Å². The second-order valence-corrected chi connectivity index (χ2v) is 9.69. The van der Waals surface area contributed by atoms with Gasteiger partial charge in [0, 0.05) is 30.2 Å². The molecule has 1 atom stereocenters. The van der Waals surface area contributed by atoms with Gasteiger partial charge >= 0.3 is 0 Å². The van der Waals surface area contributed by atoms with E-state index in [1.165, 1.54) is 21.7 Å². The van der Waals surface area contributed by atoms with Crippen molar-refractivity contribution < 1.29 is 13.2 Å². The highest BCUT2D eigenvalue weighted by Gasteiger charge is 2.28. The van der Waals surface area contributed by atoms with Crippen LogP contribution in [0.3, 0.4) is 0 Å². The van der Waals surface area contributed by atoms with E-state index in [2.05, 4.69) is 10.3 Å². The maximum Gasteiger partial charge on any atom is 0.252 e. The summed E-state index contributed by atoms with van der Waals surface area (Å²) in [6.07, 6.45) is 3.43. The lowest BCUT2D eigenvalue weighted by atomic mass is 10.1. The maximum atomic E-state index is 13.0. The molecule has 0 saturated carbocycles. The summed E-state index contributed by atoms with van der Waals surface area (Å²) >= 11 is 1.46. The first-order chi connectivity index (χ1) is 14.1. The SMILES string of the molecule is O=C(NC(c1ccccc1)c1nccs1)c1cccc(S(=O)(=O)N2CCCC2)c1. The van der Waals surface area contributed by atoms with Crippen molar-refractivity contribution in [3.63, 3.8) is 0 Å². The van der Waals surface area contributed by atoms with E-state index < -0.39 is 16.1 Å². The van der Waals surface area contributed by atoms with Gasteiger partial charge in [0.1, 0.15) is 11.0 Å². The van der Waals surface area contributed by atoms with E-state index in [1.54, 1.807) is 24.4 Å². The van der Waals surface area contributed by atoms with Crippen LogP contribution in [0.5, 0.6) is 0 Å². The summed E-state index contributed by atoms with van der Waals surface area (Å²) in [7, 11) is -3.58. The summed E-state index contributed by atoms with van der Waals surface area (Å²) in [6.45, 7) is 1.05. The first-order valence-corrected chi connectivity index (χ1v) is 11.7. The number of hydrogen-bond acceptors (Lipinski definition) is 5. The second kappa shape index (κ2) is 8.44. The molecule has 1 aromatic heterocycles. The smallest absolute Gasteiger partial charge is 0.252 e. The summed E-state index contributed by atoms with van der Waals surface area (Å²) < 4.78 is 27.1. The highest BCUT2D eigenvalue weighted by Crippen LogP contribution is 2.25. The third-order valence-electron chi connectivity index (χ3n) is 4.91. The summed E-state index contributed by atoms with van der Waals surface area (Å²) in [5, 5.41) is 5.63. The first-order valence-electron chi connectivity index (χ1n) is 9.41. The van der Waals surface area contributed by atoms with Gasteiger partial charge in [0.2, 0.25) is 10.0 Å². The first kappa shape index (κ1) is 19.8. The van der Waals surface area contributed by atoms with Crippen molar-refractivity contribution in [2.75, 3.05) is 13.1 Å². The van der Waals surface area contributed by atoms with Crippen molar-refractivity contribution in [1.82, 2.24) is 14.6 Å². The highest BCUT2D eigenvalue weighted by molar-refractivity contribution is 7.89. The molecule has 8 heteroatoms. The number of aromatic nitrogens is 1. The van der Waals surface area contributed by atoms with Crippen LogP contribution < -0.4 is 5.32 Å². The lowest BCUT2D eigenvalue weighted by Crippen LogP contribution is -2.30. The van der Waals surface area contributed by atoms with E-state index in [1.807, 2.05) is 35.7 Å². The Kier molecular flexibility index (Phi) is 5.75. The van der Waals surface area contributed by atoms with Crippen molar-refractivity contribution in [3.8, 4) is 0 Å². The monoisotopic (exact) mass is 427 g/mol. The number of nitrogens with zero attached hydrogens (tertiary/aromatic N) is 2. The molecular weight excluding hydrogens is 406 g/mol. The molecule has 0 spiro atoms. The van der Waals surface area contributed by atoms with Crippen LogP contribution in [0.1, 0.15) is 39.8 Å². The predicted octanol–water partition coefficient (Wildman–Crippen LogP) is 3.45. The zero-order chi connectivity index (χ0) is 20.3. The average Bonchev–Trinajstić information content (AvgIpc) is 3.47. The number of carbonyl (C=O) groups is 1. The van der Waals surface area contributed by atoms with Crippen LogP contribution in [0.15, 0.2) is 71.1 Å². The van der Waals surface area contributed by atoms with Crippen LogP contribution >= 0.6 is 11.3 Å². The lowest BCUT2D eigenvalue weighted by Gasteiger charge is -2.18. The Labute approximate surface area is 174 Å². The van der Waals surface area contributed by atoms with E-state index in [0.717, 1.165) is 23.4 Å². The molecule has 2 heterocycles. The standard InChI is InChI=1S/C21H21N3O3S2/c25-20(23-19(21-22-11-14-28-21)16-7-2-1-3-8-16)17-9-6-10-18(15-17)29(26,27)24-12-4-5-13-24/h1-3,6-11,14-15,19H,4-5,12-13H2,(H,23,25). The third-order valence-corrected chi connectivity index (χ3v) is 7.64. The number of carbonyl (C=O) groups excluding carboxylic acids is 1. The van der Waals surface area contributed by atoms with Crippen LogP contribution in [-0.2, 0) is 10.0 Å². The van der Waals surface area contributed by atoms with Crippen molar-refractivity contribution in [1.29, 1.82) is 0 Å². The molecule has 1 aliphatic rings. The van der Waals surface area contributed by atoms with Crippen LogP contribution in [0.4, 0.5) is 0 Å². The topological polar surface area (TPSA) is 79.4 Å². The van der Waals surface area contributed by atoms with Gasteiger partial charge in [-0.25, -0.2) is 13.4 Å². The minimum atomic E-state index is -3.58. The zero-order valence-electron chi connectivity index (χ0n) is 15.7. The quantitative estimate of drug-likeness (QED) is 0.654. The molecule has 150 valence electrons. The van der Waals surface area contributed by atoms with E-state index in [9.17, 15) is 13.2 Å². The number of rotatable bonds is 6. The average molecular weight is 428 g/mol. The van der Waals surface area contributed by atoms with Crippen molar-refractivity contribution >= 4 is 27.3 Å². The summed E-state index contributed by atoms with van der Waals surface area (Å²) in [6, 6.07) is 15.4. The Hall–Kier alpha value is -2.55. The summed E-state index contributed by atoms with van der Waals surface area (Å²) in [5.41, 5.74) is 1.22. The fourth-order valence-corrected chi connectivity index (χ4v) is 5.68. The zero-order valence-corrected chi connectivity index (χ0v) is 17.3. The van der Waals surface area contributed by atoms with Crippen molar-refractivity contribution in [2.45, 2.75) is 23.8 Å². The maximum absolute atomic E-state index is 13.0. The fraction of sp³-hybridized carbons (Fsp3) is 0.238. The minimum absolute atomic E-state index is 0.151. The van der Waals surface area contributed by atoms with Crippen LogP contribution in [0.2, 0.25) is 0 Å². The molecule has 2 aromatic carbocycles. The van der Waals surface area contributed by atoms with E-state index in [-0.39, 0.29) is 10.8 Å². The number of amides is 1. The molecule has 1 N–H and O–H groups in total. The Balaban J connectivity index is 1.61. The Morgan fingerprint density at radius 1 is 1.07 bits per heavy atom. The Morgan fingerprint density at radius 2 is 1.83 bits per heavy atom. The summed E-state index contributed by atoms with van der Waals surface area (Å²) in [5.74, 6) is -0.340. The molecule has 29 heavy (non-hydrogen) atoms. The van der Waals surface area contributed by atoms with Gasteiger partial charge in [-0.1, -0.05) is 36.4 Å². The minimum Gasteiger partial charge on any atom is -0.339 e. The number of thiazole rings is 1. The van der Waals surface area contributed by atoms with Crippen molar-refractivity contribution in [2.24, 2.45) is 0 Å². The Bertz CT molecular complexity index is 1080. The van der Waals surface area contributed by atoms with Gasteiger partial charge in [0.05, 0.1) is 4.90 Å². The molecule has 1 fully saturated rings. The predicted molar refractivity (Wildman–Crippen MR) is 112 cm³/mol. The van der Waals surface area contributed by atoms with E-state index >= 15 is 0 Å². The van der Waals surface area contributed by atoms with Gasteiger partial charge in [0.25, 0.3) is 5.91 Å². The third kappa shape index (κ3) is 4.24. The molecule has 1 saturated heterocycles. The highest BCUT2D eigenvalue weighted by atomic mass is 32.2. The molecule has 0 aliphatic carbocycles. The molecule has 0 radical (unpaired) electrons. The van der Waals surface area contributed by atoms with E-state index in [4.69, 9.17) is 0 Å². The van der Waals surface area contributed by atoms with Gasteiger partial charge in [-0.2, -0.15) is 4.31 Å². The number of benzene rings is 2. The molecule has 4 rings (SSSR count). The van der Waals surface area contributed by atoms with Crippen molar-refractivity contribution in [3.05, 3.63) is 82.3 Å². The normalized spacial score (nSPS) is 15.9. The van der Waals surface area contributed by atoms with Crippen LogP contribution in [-0.4, -0.2) is 36.7 Å². The molecular formula is C21H21N3O3S2. The van der Waals surface area contributed by atoms with Gasteiger partial charge in [0.15, 0.2) is 0 Å². The van der Waals surface area contributed by atoms with E-state index in [0.29, 0.717) is 18.7 Å². The summed E-state index contributed by atoms with van der Waals surface area (Å²) in [4.78, 5) is 17.5. The molecule has 1 amide bonds. The van der Waals surface area contributed by atoms with Crippen LogP contribution in [0, 0.1) is 0 Å². The van der Waals surface area contributed by atoms with Gasteiger partial charge in [-0.3, -0.25) is 4.79 Å². The van der Waals surface area contributed by atoms with Gasteiger partial charge in [-0.05, 0) is 36.6 Å². The largest absolute Gasteiger partial charge is 0.339 e. The molecule has 0 bridgehead atoms. The van der Waals surface area contributed by atoms with Gasteiger partial charge < -0.3 is 5.32 Å². The molecule has 1 unspecified atom stereocenters. The Morgan fingerprint density at radius 3 is 2.52 bits per heavy atom. The molecule has 6 nitrogen and oxygen atoms in total. The number of nitrogens with one attached hydrogen (secondary N) is 1. The molecule has 1 aliphatic heterocycles. The second-order valence-electron chi connectivity index (χ2n) is 6.83. The lowest BCUT2D eigenvalue weighted by molar-refractivity contribution is 0.0942. The fourth-order valence-electron chi connectivity index (χ4n) is 3.40. The number of sulfonamides is 1.